The third kappa shape index (κ3) is 5.14. The largest absolute Gasteiger partial charge is 0.497 e. The Labute approximate surface area is 154 Å². The van der Waals surface area contributed by atoms with Gasteiger partial charge in [-0.2, -0.15) is 18.4 Å². The Morgan fingerprint density at radius 1 is 1.19 bits per heavy atom. The van der Waals surface area contributed by atoms with Gasteiger partial charge in [0.2, 0.25) is 5.91 Å². The van der Waals surface area contributed by atoms with E-state index in [-0.39, 0.29) is 12.1 Å². The molecule has 142 valence electrons. The number of nitrogens with zero attached hydrogens (tertiary/aromatic N) is 1. The molecule has 2 aromatic carbocycles. The number of amides is 1. The topological polar surface area (TPSA) is 71.3 Å². The molecule has 0 unspecified atom stereocenters. The maximum atomic E-state index is 12.8. The molecular weight excluding hydrogens is 361 g/mol. The zero-order chi connectivity index (χ0) is 20.0. The fraction of sp³-hybridized carbons (Fsp3) is 0.263. The van der Waals surface area contributed by atoms with Crippen LogP contribution in [-0.4, -0.2) is 20.1 Å². The summed E-state index contributed by atoms with van der Waals surface area (Å²) in [5.74, 6) is -0.828. The number of hydrogen-bond acceptors (Lipinski definition) is 4. The molecule has 1 amide bonds. The summed E-state index contributed by atoms with van der Waals surface area (Å²) in [6, 6.07) is 11.1. The van der Waals surface area contributed by atoms with Crippen LogP contribution in [0.1, 0.15) is 11.1 Å². The summed E-state index contributed by atoms with van der Waals surface area (Å²) in [6.45, 7) is 0. The van der Waals surface area contributed by atoms with Crippen molar-refractivity contribution in [1.29, 1.82) is 5.26 Å². The number of hydrogen-bond donors (Lipinski definition) is 1. The molecule has 0 bridgehead atoms. The first-order valence-electron chi connectivity index (χ1n) is 7.87. The van der Waals surface area contributed by atoms with Crippen molar-refractivity contribution in [2.45, 2.75) is 12.6 Å². The number of nitrogens with one attached hydrogen (secondary N) is 1. The summed E-state index contributed by atoms with van der Waals surface area (Å²) >= 11 is 0. The molecule has 0 aliphatic heterocycles. The van der Waals surface area contributed by atoms with Crippen LogP contribution in [-0.2, 0) is 17.4 Å². The van der Waals surface area contributed by atoms with Crippen molar-refractivity contribution < 1.29 is 27.4 Å². The van der Waals surface area contributed by atoms with E-state index in [0.29, 0.717) is 17.1 Å². The van der Waals surface area contributed by atoms with Crippen LogP contribution in [0.3, 0.4) is 0 Å². The summed E-state index contributed by atoms with van der Waals surface area (Å²) in [5.41, 5.74) is -0.349. The first kappa shape index (κ1) is 20.1. The molecule has 27 heavy (non-hydrogen) atoms. The van der Waals surface area contributed by atoms with E-state index in [0.717, 1.165) is 12.1 Å². The second-order valence-electron chi connectivity index (χ2n) is 5.63. The molecule has 0 heterocycles. The van der Waals surface area contributed by atoms with E-state index in [9.17, 15) is 23.2 Å². The van der Waals surface area contributed by atoms with E-state index in [4.69, 9.17) is 9.47 Å². The second-order valence-corrected chi connectivity index (χ2v) is 5.63. The van der Waals surface area contributed by atoms with Crippen molar-refractivity contribution in [3.05, 3.63) is 53.6 Å². The molecule has 1 atom stereocenters. The number of carbonyl (C=O) groups excluding carboxylic acids is 1. The molecule has 0 fully saturated rings. The van der Waals surface area contributed by atoms with Crippen molar-refractivity contribution in [3.63, 3.8) is 0 Å². The summed E-state index contributed by atoms with van der Waals surface area (Å²) in [5, 5.41) is 11.7. The number of carbonyl (C=O) groups is 1. The fourth-order valence-electron chi connectivity index (χ4n) is 2.46. The van der Waals surface area contributed by atoms with E-state index < -0.39 is 23.6 Å². The zero-order valence-corrected chi connectivity index (χ0v) is 14.6. The highest BCUT2D eigenvalue weighted by Crippen LogP contribution is 2.31. The predicted octanol–water partition coefficient (Wildman–Crippen LogP) is 4.04. The number of alkyl halides is 3. The molecule has 2 aromatic rings. The van der Waals surface area contributed by atoms with Gasteiger partial charge in [-0.15, -0.1) is 0 Å². The molecule has 0 saturated carbocycles. The van der Waals surface area contributed by atoms with Crippen LogP contribution in [0.25, 0.3) is 0 Å². The van der Waals surface area contributed by atoms with Gasteiger partial charge in [-0.3, -0.25) is 4.79 Å². The molecule has 0 saturated heterocycles. The lowest BCUT2D eigenvalue weighted by Gasteiger charge is -2.14. The van der Waals surface area contributed by atoms with E-state index in [1.54, 1.807) is 18.2 Å². The van der Waals surface area contributed by atoms with Gasteiger partial charge in [0.05, 0.1) is 25.9 Å². The Morgan fingerprint density at radius 2 is 1.93 bits per heavy atom. The second kappa shape index (κ2) is 8.45. The lowest BCUT2D eigenvalue weighted by Crippen LogP contribution is -2.24. The lowest BCUT2D eigenvalue weighted by atomic mass is 9.98. The molecule has 0 aromatic heterocycles. The van der Waals surface area contributed by atoms with E-state index in [1.807, 2.05) is 6.07 Å². The summed E-state index contributed by atoms with van der Waals surface area (Å²) < 4.78 is 48.7. The lowest BCUT2D eigenvalue weighted by molar-refractivity contribution is -0.137. The van der Waals surface area contributed by atoms with Gasteiger partial charge in [0, 0.05) is 12.1 Å². The molecular formula is C19H17F3N2O3. The van der Waals surface area contributed by atoms with Crippen LogP contribution in [0.4, 0.5) is 18.9 Å². The Bertz CT molecular complexity index is 860. The predicted molar refractivity (Wildman–Crippen MR) is 92.4 cm³/mol. The molecule has 5 nitrogen and oxygen atoms in total. The summed E-state index contributed by atoms with van der Waals surface area (Å²) in [7, 11) is 2.93. The molecule has 0 radical (unpaired) electrons. The standard InChI is InChI=1S/C19H17F3N2O3/c1-26-16-6-7-17(27-2)12(9-16)8-13(11-23)18(25)24-15-5-3-4-14(10-15)19(20,21)22/h3-7,9-10,13H,8H2,1-2H3,(H,24,25)/t13-/m1/s1. The number of methoxy groups -OCH3 is 2. The molecule has 0 aliphatic rings. The first-order valence-corrected chi connectivity index (χ1v) is 7.87. The normalized spacial score (nSPS) is 12.0. The van der Waals surface area contributed by atoms with Crippen molar-refractivity contribution in [1.82, 2.24) is 0 Å². The fourth-order valence-corrected chi connectivity index (χ4v) is 2.46. The molecule has 0 spiro atoms. The third-order valence-electron chi connectivity index (χ3n) is 3.84. The quantitative estimate of drug-likeness (QED) is 0.823. The highest BCUT2D eigenvalue weighted by molar-refractivity contribution is 5.94. The van der Waals surface area contributed by atoms with Crippen molar-refractivity contribution >= 4 is 11.6 Å². The van der Waals surface area contributed by atoms with Crippen LogP contribution in [0, 0.1) is 17.2 Å². The van der Waals surface area contributed by atoms with Gasteiger partial charge in [0.25, 0.3) is 0 Å². The van der Waals surface area contributed by atoms with Crippen LogP contribution < -0.4 is 14.8 Å². The average molecular weight is 378 g/mol. The van der Waals surface area contributed by atoms with Crippen LogP contribution in [0.5, 0.6) is 11.5 Å². The average Bonchev–Trinajstić information content (AvgIpc) is 2.65. The number of anilines is 1. The van der Waals surface area contributed by atoms with Gasteiger partial charge >= 0.3 is 6.18 Å². The van der Waals surface area contributed by atoms with Gasteiger partial charge in [0.1, 0.15) is 17.4 Å². The highest BCUT2D eigenvalue weighted by Gasteiger charge is 2.30. The van der Waals surface area contributed by atoms with Crippen molar-refractivity contribution in [3.8, 4) is 17.6 Å². The molecule has 0 aliphatic carbocycles. The Kier molecular flexibility index (Phi) is 6.29. The van der Waals surface area contributed by atoms with Gasteiger partial charge in [-0.05, 0) is 42.0 Å². The number of rotatable bonds is 6. The van der Waals surface area contributed by atoms with Gasteiger partial charge < -0.3 is 14.8 Å². The molecule has 8 heteroatoms. The Balaban J connectivity index is 2.19. The number of halogens is 3. The molecule has 2 rings (SSSR count). The number of benzene rings is 2. The minimum absolute atomic E-state index is 0.0155. The smallest absolute Gasteiger partial charge is 0.416 e. The summed E-state index contributed by atoms with van der Waals surface area (Å²) in [4.78, 5) is 12.4. The summed E-state index contributed by atoms with van der Waals surface area (Å²) in [6.07, 6.45) is -4.51. The molecule has 1 N–H and O–H groups in total. The van der Waals surface area contributed by atoms with Gasteiger partial charge in [-0.1, -0.05) is 6.07 Å². The van der Waals surface area contributed by atoms with E-state index in [2.05, 4.69) is 5.32 Å². The number of nitriles is 1. The first-order chi connectivity index (χ1) is 12.8. The zero-order valence-electron chi connectivity index (χ0n) is 14.6. The Morgan fingerprint density at radius 3 is 2.52 bits per heavy atom. The third-order valence-corrected chi connectivity index (χ3v) is 3.84. The maximum absolute atomic E-state index is 12.8. The minimum atomic E-state index is -4.52. The highest BCUT2D eigenvalue weighted by atomic mass is 19.4. The monoisotopic (exact) mass is 378 g/mol. The van der Waals surface area contributed by atoms with Crippen LogP contribution >= 0.6 is 0 Å². The van der Waals surface area contributed by atoms with E-state index >= 15 is 0 Å². The van der Waals surface area contributed by atoms with Crippen LogP contribution in [0.2, 0.25) is 0 Å². The maximum Gasteiger partial charge on any atom is 0.416 e. The van der Waals surface area contributed by atoms with Crippen molar-refractivity contribution in [2.24, 2.45) is 5.92 Å². The number of ether oxygens (including phenoxy) is 2. The minimum Gasteiger partial charge on any atom is -0.497 e. The van der Waals surface area contributed by atoms with Gasteiger partial charge in [-0.25, -0.2) is 0 Å². The van der Waals surface area contributed by atoms with Crippen molar-refractivity contribution in [2.75, 3.05) is 19.5 Å². The van der Waals surface area contributed by atoms with Gasteiger partial charge in [0.15, 0.2) is 0 Å². The van der Waals surface area contributed by atoms with Crippen LogP contribution in [0.15, 0.2) is 42.5 Å². The SMILES string of the molecule is COc1ccc(OC)c(C[C@H](C#N)C(=O)Nc2cccc(C(F)(F)F)c2)c1. The van der Waals surface area contributed by atoms with E-state index in [1.165, 1.54) is 26.4 Å². The Hall–Kier alpha value is -3.21.